The Balaban J connectivity index is 1.34. The first-order valence-corrected chi connectivity index (χ1v) is 9.82. The molecule has 1 aromatic carbocycles. The summed E-state index contributed by atoms with van der Waals surface area (Å²) in [6, 6.07) is 15.0. The van der Waals surface area contributed by atoms with E-state index in [9.17, 15) is 4.79 Å². The van der Waals surface area contributed by atoms with Gasteiger partial charge >= 0.3 is 0 Å². The number of amides is 1. The van der Waals surface area contributed by atoms with E-state index < -0.39 is 0 Å². The zero-order chi connectivity index (χ0) is 20.5. The third-order valence-corrected chi connectivity index (χ3v) is 5.31. The van der Waals surface area contributed by atoms with Crippen LogP contribution in [0.1, 0.15) is 10.4 Å². The summed E-state index contributed by atoms with van der Waals surface area (Å²) in [5, 5.41) is 16.2. The lowest BCUT2D eigenvalue weighted by Gasteiger charge is -2.35. The van der Waals surface area contributed by atoms with E-state index in [0.717, 1.165) is 11.5 Å². The molecule has 0 bridgehead atoms. The number of benzene rings is 1. The summed E-state index contributed by atoms with van der Waals surface area (Å²) in [7, 11) is 1.83. The Kier molecular flexibility index (Phi) is 4.55. The van der Waals surface area contributed by atoms with Crippen molar-refractivity contribution >= 4 is 23.1 Å². The fourth-order valence-corrected chi connectivity index (χ4v) is 3.70. The molecule has 30 heavy (non-hydrogen) atoms. The SMILES string of the molecule is CNc1ccccc1C(=O)N1CCN(c2ccc3nnc(-c4ccco4)n3n2)CC1. The van der Waals surface area contributed by atoms with Crippen molar-refractivity contribution in [2.24, 2.45) is 0 Å². The van der Waals surface area contributed by atoms with E-state index in [2.05, 4.69) is 20.4 Å². The second-order valence-corrected chi connectivity index (χ2v) is 7.04. The highest BCUT2D eigenvalue weighted by Gasteiger charge is 2.25. The number of aromatic nitrogens is 4. The van der Waals surface area contributed by atoms with Crippen molar-refractivity contribution < 1.29 is 9.21 Å². The van der Waals surface area contributed by atoms with Crippen LogP contribution in [0.2, 0.25) is 0 Å². The molecule has 1 N–H and O–H groups in total. The van der Waals surface area contributed by atoms with E-state index >= 15 is 0 Å². The minimum absolute atomic E-state index is 0.0435. The molecule has 9 heteroatoms. The van der Waals surface area contributed by atoms with Crippen LogP contribution in [0.25, 0.3) is 17.2 Å². The van der Waals surface area contributed by atoms with Crippen LogP contribution in [0.15, 0.2) is 59.2 Å². The van der Waals surface area contributed by atoms with Crippen molar-refractivity contribution in [3.05, 3.63) is 60.4 Å². The van der Waals surface area contributed by atoms with Crippen molar-refractivity contribution in [2.45, 2.75) is 0 Å². The van der Waals surface area contributed by atoms with E-state index in [4.69, 9.17) is 9.52 Å². The third-order valence-electron chi connectivity index (χ3n) is 5.31. The molecule has 4 aromatic rings. The van der Waals surface area contributed by atoms with Gasteiger partial charge in [-0.3, -0.25) is 4.79 Å². The number of para-hydroxylation sites is 1. The topological polar surface area (TPSA) is 91.8 Å². The van der Waals surface area contributed by atoms with Gasteiger partial charge in [-0.2, -0.15) is 4.52 Å². The summed E-state index contributed by atoms with van der Waals surface area (Å²) >= 11 is 0. The number of nitrogens with zero attached hydrogens (tertiary/aromatic N) is 6. The van der Waals surface area contributed by atoms with Gasteiger partial charge in [-0.05, 0) is 36.4 Å². The van der Waals surface area contributed by atoms with Gasteiger partial charge < -0.3 is 19.5 Å². The first kappa shape index (κ1) is 18.2. The molecule has 152 valence electrons. The number of carbonyl (C=O) groups excluding carboxylic acids is 1. The predicted octanol–water partition coefficient (Wildman–Crippen LogP) is 2.39. The van der Waals surface area contributed by atoms with Gasteiger partial charge in [0.05, 0.1) is 11.8 Å². The van der Waals surface area contributed by atoms with E-state index in [-0.39, 0.29) is 5.91 Å². The molecule has 5 rings (SSSR count). The molecule has 0 radical (unpaired) electrons. The Labute approximate surface area is 172 Å². The number of carbonyl (C=O) groups is 1. The highest BCUT2D eigenvalue weighted by Crippen LogP contribution is 2.22. The second-order valence-electron chi connectivity index (χ2n) is 7.04. The number of rotatable bonds is 4. The van der Waals surface area contributed by atoms with Crippen LogP contribution < -0.4 is 10.2 Å². The van der Waals surface area contributed by atoms with E-state index in [1.807, 2.05) is 60.5 Å². The van der Waals surface area contributed by atoms with Crippen LogP contribution in [-0.4, -0.2) is 63.8 Å². The largest absolute Gasteiger partial charge is 0.461 e. The summed E-state index contributed by atoms with van der Waals surface area (Å²) in [6.45, 7) is 2.65. The summed E-state index contributed by atoms with van der Waals surface area (Å²) in [6.07, 6.45) is 1.60. The molecule has 9 nitrogen and oxygen atoms in total. The van der Waals surface area contributed by atoms with Crippen molar-refractivity contribution in [3.63, 3.8) is 0 Å². The Hall–Kier alpha value is -3.88. The van der Waals surface area contributed by atoms with Crippen molar-refractivity contribution in [2.75, 3.05) is 43.4 Å². The first-order chi connectivity index (χ1) is 14.7. The maximum atomic E-state index is 13.0. The van der Waals surface area contributed by atoms with E-state index in [1.165, 1.54) is 0 Å². The van der Waals surface area contributed by atoms with Gasteiger partial charge in [0.2, 0.25) is 5.82 Å². The second kappa shape index (κ2) is 7.51. The summed E-state index contributed by atoms with van der Waals surface area (Å²) in [5.74, 6) is 2.04. The molecule has 1 amide bonds. The number of hydrogen-bond acceptors (Lipinski definition) is 7. The van der Waals surface area contributed by atoms with Gasteiger partial charge in [-0.15, -0.1) is 15.3 Å². The molecule has 1 saturated heterocycles. The number of nitrogens with one attached hydrogen (secondary N) is 1. The third kappa shape index (κ3) is 3.14. The lowest BCUT2D eigenvalue weighted by Crippen LogP contribution is -2.49. The van der Waals surface area contributed by atoms with Gasteiger partial charge in [0.25, 0.3) is 5.91 Å². The van der Waals surface area contributed by atoms with E-state index in [0.29, 0.717) is 49.0 Å². The number of hydrogen-bond donors (Lipinski definition) is 1. The minimum Gasteiger partial charge on any atom is -0.461 e. The van der Waals surface area contributed by atoms with Crippen molar-refractivity contribution in [1.82, 2.24) is 24.7 Å². The van der Waals surface area contributed by atoms with Crippen molar-refractivity contribution in [3.8, 4) is 11.6 Å². The molecule has 1 aliphatic heterocycles. The van der Waals surface area contributed by atoms with Gasteiger partial charge in [0.15, 0.2) is 11.4 Å². The number of anilines is 2. The van der Waals surface area contributed by atoms with E-state index in [1.54, 1.807) is 10.8 Å². The molecular weight excluding hydrogens is 382 g/mol. The fourth-order valence-electron chi connectivity index (χ4n) is 3.70. The molecule has 1 fully saturated rings. The van der Waals surface area contributed by atoms with Crippen LogP contribution in [0.5, 0.6) is 0 Å². The highest BCUT2D eigenvalue weighted by atomic mass is 16.3. The Morgan fingerprint density at radius 1 is 1.00 bits per heavy atom. The Morgan fingerprint density at radius 3 is 2.60 bits per heavy atom. The molecule has 4 heterocycles. The molecule has 0 atom stereocenters. The number of fused-ring (bicyclic) bond motifs is 1. The van der Waals surface area contributed by atoms with Gasteiger partial charge in [-0.1, -0.05) is 12.1 Å². The van der Waals surface area contributed by atoms with Crippen LogP contribution in [0.3, 0.4) is 0 Å². The molecule has 0 spiro atoms. The monoisotopic (exact) mass is 403 g/mol. The Morgan fingerprint density at radius 2 is 1.83 bits per heavy atom. The molecule has 0 aliphatic carbocycles. The fraction of sp³-hybridized carbons (Fsp3) is 0.238. The molecule has 0 saturated carbocycles. The average molecular weight is 403 g/mol. The summed E-state index contributed by atoms with van der Waals surface area (Å²) in [4.78, 5) is 17.0. The van der Waals surface area contributed by atoms with Crippen molar-refractivity contribution in [1.29, 1.82) is 0 Å². The quantitative estimate of drug-likeness (QED) is 0.559. The predicted molar refractivity (Wildman–Crippen MR) is 113 cm³/mol. The van der Waals surface area contributed by atoms with Gasteiger partial charge in [-0.25, -0.2) is 0 Å². The standard InChI is InChI=1S/C21H21N7O2/c1-22-16-6-3-2-5-15(16)21(29)27-12-10-26(11-13-27)19-9-8-18-23-24-20(28(18)25-19)17-7-4-14-30-17/h2-9,14,22H,10-13H2,1H3. The molecule has 3 aromatic heterocycles. The maximum absolute atomic E-state index is 13.0. The summed E-state index contributed by atoms with van der Waals surface area (Å²) in [5.41, 5.74) is 2.19. The minimum atomic E-state index is 0.0435. The van der Waals surface area contributed by atoms with Crippen LogP contribution in [0.4, 0.5) is 11.5 Å². The van der Waals surface area contributed by atoms with Crippen LogP contribution in [0, 0.1) is 0 Å². The normalized spacial score (nSPS) is 14.3. The molecule has 0 unspecified atom stereocenters. The Bertz CT molecular complexity index is 1180. The maximum Gasteiger partial charge on any atom is 0.256 e. The lowest BCUT2D eigenvalue weighted by molar-refractivity contribution is 0.0747. The zero-order valence-electron chi connectivity index (χ0n) is 16.5. The van der Waals surface area contributed by atoms with Crippen LogP contribution >= 0.6 is 0 Å². The number of piperazine rings is 1. The molecular formula is C21H21N7O2. The smallest absolute Gasteiger partial charge is 0.256 e. The van der Waals surface area contributed by atoms with Gasteiger partial charge in [0, 0.05) is 38.9 Å². The zero-order valence-corrected chi connectivity index (χ0v) is 16.5. The lowest BCUT2D eigenvalue weighted by atomic mass is 10.1. The first-order valence-electron chi connectivity index (χ1n) is 9.82. The molecule has 1 aliphatic rings. The number of furan rings is 1. The summed E-state index contributed by atoms with van der Waals surface area (Å²) < 4.78 is 7.14. The highest BCUT2D eigenvalue weighted by molar-refractivity contribution is 5.99. The average Bonchev–Trinajstić information content (AvgIpc) is 3.48. The van der Waals surface area contributed by atoms with Gasteiger partial charge in [0.1, 0.15) is 5.82 Å². The van der Waals surface area contributed by atoms with Crippen LogP contribution in [-0.2, 0) is 0 Å².